The molecule has 2 unspecified atom stereocenters. The van der Waals surface area contributed by atoms with Crippen molar-refractivity contribution in [1.29, 1.82) is 0 Å². The summed E-state index contributed by atoms with van der Waals surface area (Å²) in [4.78, 5) is 10.0. The molecule has 5 nitrogen and oxygen atoms in total. The van der Waals surface area contributed by atoms with Crippen LogP contribution in [0.3, 0.4) is 0 Å². The van der Waals surface area contributed by atoms with E-state index in [9.17, 15) is 9.36 Å². The van der Waals surface area contributed by atoms with Gasteiger partial charge in [0.25, 0.3) is 0 Å². The minimum absolute atomic E-state index is 0.120. The summed E-state index contributed by atoms with van der Waals surface area (Å²) in [6.07, 6.45) is -1.05. The fraction of sp³-hybridized carbons (Fsp3) is 0.667. The third kappa shape index (κ3) is 1.45. The molecule has 1 aliphatic heterocycles. The second-order valence-electron chi connectivity index (χ2n) is 1.45. The van der Waals surface area contributed by atoms with E-state index in [4.69, 9.17) is 5.11 Å². The van der Waals surface area contributed by atoms with E-state index >= 15 is 0 Å². The Morgan fingerprint density at radius 1 is 1.78 bits per heavy atom. The quantitative estimate of drug-likeness (QED) is 0.539. The molecule has 9 heavy (non-hydrogen) atoms. The van der Waals surface area contributed by atoms with Crippen molar-refractivity contribution in [2.24, 2.45) is 0 Å². The molecule has 50 valence electrons. The minimum Gasteiger partial charge on any atom is -0.479 e. The standard InChI is InChI=1S/C3H3O5P/c4-3(5)2-1-7-9(6)8-2/h2H,1H2/p+1. The molecule has 0 aromatic heterocycles. The van der Waals surface area contributed by atoms with E-state index in [-0.39, 0.29) is 6.61 Å². The van der Waals surface area contributed by atoms with Gasteiger partial charge >= 0.3 is 14.2 Å². The van der Waals surface area contributed by atoms with Gasteiger partial charge in [0.15, 0.2) is 0 Å². The Bertz CT molecular complexity index is 154. The third-order valence-electron chi connectivity index (χ3n) is 0.820. The van der Waals surface area contributed by atoms with Gasteiger partial charge in [0, 0.05) is 4.57 Å². The van der Waals surface area contributed by atoms with Crippen LogP contribution < -0.4 is 0 Å². The topological polar surface area (TPSA) is 72.8 Å². The van der Waals surface area contributed by atoms with Crippen LogP contribution in [0.1, 0.15) is 0 Å². The van der Waals surface area contributed by atoms with Crippen LogP contribution in [-0.2, 0) is 18.4 Å². The highest BCUT2D eigenvalue weighted by Gasteiger charge is 2.42. The molecular formula is C3H4O5P+. The maximum atomic E-state index is 10.2. The van der Waals surface area contributed by atoms with E-state index in [1.165, 1.54) is 0 Å². The van der Waals surface area contributed by atoms with Crippen LogP contribution >= 0.6 is 8.25 Å². The molecule has 1 N–H and O–H groups in total. The van der Waals surface area contributed by atoms with Crippen LogP contribution in [0, 0.1) is 0 Å². The second-order valence-corrected chi connectivity index (χ2v) is 2.37. The molecule has 1 heterocycles. The van der Waals surface area contributed by atoms with Crippen molar-refractivity contribution in [3.8, 4) is 0 Å². The number of carboxylic acids is 1. The Balaban J connectivity index is 2.48. The van der Waals surface area contributed by atoms with Crippen LogP contribution in [0.4, 0.5) is 0 Å². The van der Waals surface area contributed by atoms with Crippen molar-refractivity contribution in [3.63, 3.8) is 0 Å². The zero-order valence-corrected chi connectivity index (χ0v) is 5.21. The van der Waals surface area contributed by atoms with Gasteiger partial charge in [0.1, 0.15) is 6.61 Å². The predicted molar refractivity (Wildman–Crippen MR) is 26.1 cm³/mol. The normalized spacial score (nSPS) is 30.7. The first-order chi connectivity index (χ1) is 4.20. The smallest absolute Gasteiger partial charge is 0.479 e. The molecule has 0 spiro atoms. The van der Waals surface area contributed by atoms with Gasteiger partial charge in [-0.3, -0.25) is 0 Å². The van der Waals surface area contributed by atoms with Crippen molar-refractivity contribution in [2.75, 3.05) is 6.61 Å². The van der Waals surface area contributed by atoms with E-state index in [0.29, 0.717) is 0 Å². The zero-order chi connectivity index (χ0) is 6.85. The van der Waals surface area contributed by atoms with Gasteiger partial charge in [0.2, 0.25) is 6.10 Å². The van der Waals surface area contributed by atoms with Gasteiger partial charge in [0.05, 0.1) is 0 Å². The maximum absolute atomic E-state index is 10.2. The van der Waals surface area contributed by atoms with Gasteiger partial charge in [-0.25, -0.2) is 4.79 Å². The number of aliphatic carboxylic acids is 1. The Morgan fingerprint density at radius 3 is 2.67 bits per heavy atom. The summed E-state index contributed by atoms with van der Waals surface area (Å²) in [5.41, 5.74) is 0. The van der Waals surface area contributed by atoms with Crippen LogP contribution in [0.5, 0.6) is 0 Å². The summed E-state index contributed by atoms with van der Waals surface area (Å²) >= 11 is 0. The van der Waals surface area contributed by atoms with Crippen molar-refractivity contribution >= 4 is 14.2 Å². The van der Waals surface area contributed by atoms with E-state index in [2.05, 4.69) is 9.05 Å². The van der Waals surface area contributed by atoms with Gasteiger partial charge < -0.3 is 5.11 Å². The second kappa shape index (κ2) is 2.39. The molecular weight excluding hydrogens is 147 g/mol. The van der Waals surface area contributed by atoms with Crippen molar-refractivity contribution < 1.29 is 23.5 Å². The lowest BCUT2D eigenvalue weighted by Crippen LogP contribution is -2.20. The molecule has 1 fully saturated rings. The van der Waals surface area contributed by atoms with Crippen molar-refractivity contribution in [3.05, 3.63) is 0 Å². The summed E-state index contributed by atoms with van der Waals surface area (Å²) in [5, 5.41) is 8.20. The lowest BCUT2D eigenvalue weighted by molar-refractivity contribution is -0.144. The molecule has 6 heteroatoms. The van der Waals surface area contributed by atoms with E-state index in [1.54, 1.807) is 0 Å². The molecule has 1 saturated heterocycles. The SMILES string of the molecule is O=C(O)C1CO[P+](=O)O1. The van der Waals surface area contributed by atoms with Gasteiger partial charge in [-0.2, -0.15) is 0 Å². The highest BCUT2D eigenvalue weighted by molar-refractivity contribution is 7.33. The number of hydrogen-bond donors (Lipinski definition) is 1. The van der Waals surface area contributed by atoms with E-state index < -0.39 is 20.3 Å². The first-order valence-corrected chi connectivity index (χ1v) is 3.29. The van der Waals surface area contributed by atoms with Gasteiger partial charge in [-0.15, -0.1) is 9.05 Å². The van der Waals surface area contributed by atoms with E-state index in [1.807, 2.05) is 0 Å². The fourth-order valence-electron chi connectivity index (χ4n) is 0.410. The summed E-state index contributed by atoms with van der Waals surface area (Å²) in [6.45, 7) is -0.120. The molecule has 0 saturated carbocycles. The van der Waals surface area contributed by atoms with E-state index in [0.717, 1.165) is 0 Å². The lowest BCUT2D eigenvalue weighted by atomic mass is 10.4. The predicted octanol–water partition coefficient (Wildman–Crippen LogP) is 0.144. The molecule has 0 aromatic carbocycles. The number of rotatable bonds is 1. The first-order valence-electron chi connectivity index (χ1n) is 2.20. The molecule has 0 bridgehead atoms. The third-order valence-corrected chi connectivity index (χ3v) is 1.61. The summed E-state index contributed by atoms with van der Waals surface area (Å²) < 4.78 is 18.8. The minimum atomic E-state index is -2.17. The monoisotopic (exact) mass is 151 g/mol. The van der Waals surface area contributed by atoms with Crippen molar-refractivity contribution in [1.82, 2.24) is 0 Å². The molecule has 1 aliphatic rings. The summed E-state index contributed by atoms with van der Waals surface area (Å²) in [6, 6.07) is 0. The van der Waals surface area contributed by atoms with Gasteiger partial charge in [-0.05, 0) is 0 Å². The average molecular weight is 151 g/mol. The Hall–Kier alpha value is -0.510. The number of carboxylic acid groups (broad SMARTS) is 1. The molecule has 0 aliphatic carbocycles. The lowest BCUT2D eigenvalue weighted by Gasteiger charge is -1.88. The summed E-state index contributed by atoms with van der Waals surface area (Å²) in [5.74, 6) is -1.14. The van der Waals surface area contributed by atoms with Crippen LogP contribution in [0.2, 0.25) is 0 Å². The summed E-state index contributed by atoms with van der Waals surface area (Å²) in [7, 11) is -2.17. The molecule has 0 radical (unpaired) electrons. The van der Waals surface area contributed by atoms with Crippen molar-refractivity contribution in [2.45, 2.75) is 6.10 Å². The highest BCUT2D eigenvalue weighted by Crippen LogP contribution is 2.32. The van der Waals surface area contributed by atoms with Crippen LogP contribution in [-0.4, -0.2) is 23.8 Å². The Labute approximate surface area is 51.5 Å². The molecule has 2 atom stereocenters. The van der Waals surface area contributed by atoms with Gasteiger partial charge in [-0.1, -0.05) is 0 Å². The maximum Gasteiger partial charge on any atom is 0.698 e. The first kappa shape index (κ1) is 6.61. The largest absolute Gasteiger partial charge is 0.698 e. The number of carbonyl (C=O) groups is 1. The van der Waals surface area contributed by atoms with Crippen LogP contribution in [0.15, 0.2) is 0 Å². The average Bonchev–Trinajstić information content (AvgIpc) is 2.14. The highest BCUT2D eigenvalue weighted by atomic mass is 31.1. The molecule has 0 amide bonds. The Kier molecular flexibility index (Phi) is 1.75. The zero-order valence-electron chi connectivity index (χ0n) is 4.31. The molecule has 1 rings (SSSR count). The molecule has 0 aromatic rings. The fourth-order valence-corrected chi connectivity index (χ4v) is 1.09. The number of hydrogen-bond acceptors (Lipinski definition) is 4. The Morgan fingerprint density at radius 2 is 2.44 bits per heavy atom. The van der Waals surface area contributed by atoms with Crippen LogP contribution in [0.25, 0.3) is 0 Å².